The molecule has 7 nitrogen and oxygen atoms in total. The first kappa shape index (κ1) is 20.6. The molecule has 0 spiro atoms. The largest absolute Gasteiger partial charge is 0.355 e. The van der Waals surface area contributed by atoms with E-state index in [1.165, 1.54) is 64.5 Å². The molecule has 2 aliphatic rings. The van der Waals surface area contributed by atoms with E-state index in [1.54, 1.807) is 25.5 Å². The summed E-state index contributed by atoms with van der Waals surface area (Å²) < 4.78 is 0. The Kier molecular flexibility index (Phi) is 7.65. The molecule has 1 aliphatic carbocycles. The van der Waals surface area contributed by atoms with Crippen LogP contribution in [-0.2, 0) is 4.79 Å². The molecule has 3 rings (SSSR count). The molecule has 0 unspecified atom stereocenters. The van der Waals surface area contributed by atoms with E-state index >= 15 is 0 Å². The second-order valence-corrected chi connectivity index (χ2v) is 7.90. The van der Waals surface area contributed by atoms with Crippen molar-refractivity contribution in [1.82, 2.24) is 20.5 Å². The minimum Gasteiger partial charge on any atom is -0.355 e. The molecule has 1 aromatic heterocycles. The molecule has 7 heteroatoms. The topological polar surface area (TPSA) is 81.6 Å². The average Bonchev–Trinajstić information content (AvgIpc) is 2.76. The summed E-state index contributed by atoms with van der Waals surface area (Å²) in [4.78, 5) is 23.2. The number of aromatic nitrogens is 1. The predicted octanol–water partition coefficient (Wildman–Crippen LogP) is 2.37. The lowest BCUT2D eigenvalue weighted by atomic mass is 9.79. The van der Waals surface area contributed by atoms with Crippen molar-refractivity contribution >= 4 is 17.6 Å². The number of nitrogens with one attached hydrogen (secondary N) is 3. The maximum atomic E-state index is 12.2. The van der Waals surface area contributed by atoms with E-state index in [2.05, 4.69) is 30.8 Å². The van der Waals surface area contributed by atoms with Gasteiger partial charge in [0.15, 0.2) is 5.96 Å². The molecule has 154 valence electrons. The highest BCUT2D eigenvalue weighted by Crippen LogP contribution is 2.35. The molecule has 2 fully saturated rings. The van der Waals surface area contributed by atoms with Gasteiger partial charge in [0.1, 0.15) is 0 Å². The summed E-state index contributed by atoms with van der Waals surface area (Å²) in [5.74, 6) is 0.572. The highest BCUT2D eigenvalue weighted by molar-refractivity contribution is 5.94. The summed E-state index contributed by atoms with van der Waals surface area (Å²) >= 11 is 0. The number of rotatable bonds is 6. The number of anilines is 1. The Labute approximate surface area is 168 Å². The fourth-order valence-corrected chi connectivity index (χ4v) is 4.46. The van der Waals surface area contributed by atoms with Crippen molar-refractivity contribution in [2.75, 3.05) is 38.5 Å². The van der Waals surface area contributed by atoms with Crippen molar-refractivity contribution < 1.29 is 4.79 Å². The van der Waals surface area contributed by atoms with Gasteiger partial charge in [0.2, 0.25) is 5.91 Å². The number of likely N-dealkylation sites (tertiary alicyclic amines) is 1. The van der Waals surface area contributed by atoms with Gasteiger partial charge in [0.25, 0.3) is 0 Å². The van der Waals surface area contributed by atoms with Crippen LogP contribution in [0, 0.1) is 0 Å². The summed E-state index contributed by atoms with van der Waals surface area (Å²) in [6.07, 6.45) is 13.7. The van der Waals surface area contributed by atoms with Crippen LogP contribution in [-0.4, -0.2) is 60.5 Å². The lowest BCUT2D eigenvalue weighted by molar-refractivity contribution is -0.115. The Bertz CT molecular complexity index is 636. The monoisotopic (exact) mass is 386 g/mol. The van der Waals surface area contributed by atoms with Gasteiger partial charge in [0.05, 0.1) is 18.4 Å². The standard InChI is InChI=1S/C21H34N6O/c1-22-20(24-16-19(28)26-18-9-8-12-23-15-18)25-17-21(10-4-2-5-11-21)27-13-6-3-7-14-27/h8-9,12,15H,2-7,10-11,13-14,16-17H2,1H3,(H,26,28)(H2,22,24,25). The van der Waals surface area contributed by atoms with Gasteiger partial charge in [-0.1, -0.05) is 25.7 Å². The molecule has 0 aromatic carbocycles. The van der Waals surface area contributed by atoms with E-state index in [0.29, 0.717) is 11.6 Å². The van der Waals surface area contributed by atoms with Crippen molar-refractivity contribution in [3.8, 4) is 0 Å². The van der Waals surface area contributed by atoms with Crippen molar-refractivity contribution in [3.05, 3.63) is 24.5 Å². The number of aliphatic imine (C=N–C) groups is 1. The number of carbonyl (C=O) groups excluding carboxylic acids is 1. The Morgan fingerprint density at radius 2 is 1.89 bits per heavy atom. The molecule has 28 heavy (non-hydrogen) atoms. The van der Waals surface area contributed by atoms with E-state index in [-0.39, 0.29) is 18.0 Å². The average molecular weight is 387 g/mol. The van der Waals surface area contributed by atoms with Gasteiger partial charge in [0, 0.05) is 25.3 Å². The third-order valence-electron chi connectivity index (χ3n) is 5.98. The van der Waals surface area contributed by atoms with Crippen molar-refractivity contribution in [1.29, 1.82) is 0 Å². The van der Waals surface area contributed by atoms with E-state index in [0.717, 1.165) is 6.54 Å². The van der Waals surface area contributed by atoms with Gasteiger partial charge in [-0.3, -0.25) is 19.7 Å². The van der Waals surface area contributed by atoms with Gasteiger partial charge in [-0.2, -0.15) is 0 Å². The molecule has 3 N–H and O–H groups in total. The van der Waals surface area contributed by atoms with Crippen molar-refractivity contribution in [2.45, 2.75) is 56.9 Å². The number of piperidine rings is 1. The number of hydrogen-bond donors (Lipinski definition) is 3. The van der Waals surface area contributed by atoms with Gasteiger partial charge < -0.3 is 16.0 Å². The van der Waals surface area contributed by atoms with Crippen LogP contribution in [0.1, 0.15) is 51.4 Å². The first-order valence-corrected chi connectivity index (χ1v) is 10.6. The molecule has 2 heterocycles. The fourth-order valence-electron chi connectivity index (χ4n) is 4.46. The zero-order valence-electron chi connectivity index (χ0n) is 17.0. The van der Waals surface area contributed by atoms with E-state index in [1.807, 2.05) is 6.07 Å². The third-order valence-corrected chi connectivity index (χ3v) is 5.98. The fraction of sp³-hybridized carbons (Fsp3) is 0.667. The highest BCUT2D eigenvalue weighted by Gasteiger charge is 2.38. The SMILES string of the molecule is CN=C(NCC(=O)Nc1cccnc1)NCC1(N2CCCCC2)CCCCC1. The molecule has 1 aliphatic heterocycles. The molecular weight excluding hydrogens is 352 g/mol. The molecule has 0 radical (unpaired) electrons. The second-order valence-electron chi connectivity index (χ2n) is 7.90. The minimum absolute atomic E-state index is 0.112. The number of nitrogens with zero attached hydrogens (tertiary/aromatic N) is 3. The Morgan fingerprint density at radius 3 is 2.57 bits per heavy atom. The molecule has 1 saturated heterocycles. The Morgan fingerprint density at radius 1 is 1.14 bits per heavy atom. The van der Waals surface area contributed by atoms with Crippen LogP contribution in [0.2, 0.25) is 0 Å². The lowest BCUT2D eigenvalue weighted by Crippen LogP contribution is -2.59. The maximum Gasteiger partial charge on any atom is 0.243 e. The van der Waals surface area contributed by atoms with Crippen LogP contribution in [0.25, 0.3) is 0 Å². The number of pyridine rings is 1. The van der Waals surface area contributed by atoms with Crippen LogP contribution in [0.5, 0.6) is 0 Å². The first-order valence-electron chi connectivity index (χ1n) is 10.6. The van der Waals surface area contributed by atoms with E-state index in [4.69, 9.17) is 0 Å². The van der Waals surface area contributed by atoms with Crippen molar-refractivity contribution in [2.24, 2.45) is 4.99 Å². The van der Waals surface area contributed by atoms with Crippen LogP contribution in [0.15, 0.2) is 29.5 Å². The number of guanidine groups is 1. The van der Waals surface area contributed by atoms with E-state index < -0.39 is 0 Å². The molecular formula is C21H34N6O. The van der Waals surface area contributed by atoms with Gasteiger partial charge in [-0.15, -0.1) is 0 Å². The summed E-state index contributed by atoms with van der Waals surface area (Å²) in [6.45, 7) is 3.48. The van der Waals surface area contributed by atoms with Crippen LogP contribution in [0.3, 0.4) is 0 Å². The molecule has 1 aromatic rings. The maximum absolute atomic E-state index is 12.2. The Balaban J connectivity index is 1.50. The van der Waals surface area contributed by atoms with Gasteiger partial charge in [-0.25, -0.2) is 0 Å². The zero-order chi connectivity index (χ0) is 19.7. The zero-order valence-corrected chi connectivity index (χ0v) is 17.0. The van der Waals surface area contributed by atoms with Crippen LogP contribution < -0.4 is 16.0 Å². The number of hydrogen-bond acceptors (Lipinski definition) is 4. The Hall–Kier alpha value is -2.15. The summed E-state index contributed by atoms with van der Waals surface area (Å²) in [6, 6.07) is 3.62. The summed E-state index contributed by atoms with van der Waals surface area (Å²) in [7, 11) is 1.75. The van der Waals surface area contributed by atoms with Crippen LogP contribution >= 0.6 is 0 Å². The number of carbonyl (C=O) groups is 1. The first-order chi connectivity index (χ1) is 13.7. The quantitative estimate of drug-likeness (QED) is 0.517. The van der Waals surface area contributed by atoms with Gasteiger partial charge >= 0.3 is 0 Å². The summed E-state index contributed by atoms with van der Waals surface area (Å²) in [5, 5.41) is 9.47. The third kappa shape index (κ3) is 5.67. The predicted molar refractivity (Wildman–Crippen MR) is 113 cm³/mol. The summed E-state index contributed by atoms with van der Waals surface area (Å²) in [5.41, 5.74) is 0.928. The number of amides is 1. The van der Waals surface area contributed by atoms with Crippen molar-refractivity contribution in [3.63, 3.8) is 0 Å². The minimum atomic E-state index is -0.112. The molecule has 1 amide bonds. The molecule has 0 bridgehead atoms. The highest BCUT2D eigenvalue weighted by atomic mass is 16.1. The normalized spacial score (nSPS) is 20.4. The molecule has 0 atom stereocenters. The lowest BCUT2D eigenvalue weighted by Gasteiger charge is -2.48. The second kappa shape index (κ2) is 10.4. The van der Waals surface area contributed by atoms with E-state index in [9.17, 15) is 4.79 Å². The smallest absolute Gasteiger partial charge is 0.243 e. The van der Waals surface area contributed by atoms with Crippen LogP contribution in [0.4, 0.5) is 5.69 Å². The van der Waals surface area contributed by atoms with Gasteiger partial charge in [-0.05, 0) is 50.9 Å². The molecule has 1 saturated carbocycles.